The van der Waals surface area contributed by atoms with Crippen molar-refractivity contribution in [3.8, 4) is 16.9 Å². The number of rotatable bonds is 7. The summed E-state index contributed by atoms with van der Waals surface area (Å²) in [4.78, 5) is 29.9. The first-order valence-electron chi connectivity index (χ1n) is 10.6. The van der Waals surface area contributed by atoms with Crippen molar-refractivity contribution in [2.75, 3.05) is 12.4 Å². The summed E-state index contributed by atoms with van der Waals surface area (Å²) in [7, 11) is 1.52. The standard InChI is InChI=1S/C28H24N2O3/c1-19-16-20(14-15-29-19)17-26(31)25-18-24(12-13-27(25)33-2)30-28(32)23-10-8-22(9-11-23)21-6-4-3-5-7-21/h3-16,18H,17H2,1-2H3,(H,30,32). The van der Waals surface area contributed by atoms with Crippen molar-refractivity contribution >= 4 is 17.4 Å². The Labute approximate surface area is 193 Å². The molecule has 0 saturated carbocycles. The van der Waals surface area contributed by atoms with Crippen molar-refractivity contribution in [2.45, 2.75) is 13.3 Å². The van der Waals surface area contributed by atoms with Crippen LogP contribution in [0.4, 0.5) is 5.69 Å². The van der Waals surface area contributed by atoms with Gasteiger partial charge in [-0.15, -0.1) is 0 Å². The van der Waals surface area contributed by atoms with Gasteiger partial charge in [-0.2, -0.15) is 0 Å². The molecule has 1 aromatic heterocycles. The number of pyridine rings is 1. The highest BCUT2D eigenvalue weighted by molar-refractivity contribution is 6.06. The van der Waals surface area contributed by atoms with Crippen molar-refractivity contribution in [1.29, 1.82) is 0 Å². The highest BCUT2D eigenvalue weighted by Crippen LogP contribution is 2.25. The van der Waals surface area contributed by atoms with Crippen LogP contribution in [-0.4, -0.2) is 23.8 Å². The van der Waals surface area contributed by atoms with E-state index in [1.54, 1.807) is 36.5 Å². The Hall–Kier alpha value is -4.25. The van der Waals surface area contributed by atoms with Crippen LogP contribution in [0.5, 0.6) is 5.75 Å². The normalized spacial score (nSPS) is 10.5. The van der Waals surface area contributed by atoms with Gasteiger partial charge < -0.3 is 10.1 Å². The van der Waals surface area contributed by atoms with Gasteiger partial charge in [0, 0.05) is 29.6 Å². The van der Waals surface area contributed by atoms with Crippen molar-refractivity contribution in [1.82, 2.24) is 4.98 Å². The predicted molar refractivity (Wildman–Crippen MR) is 130 cm³/mol. The minimum Gasteiger partial charge on any atom is -0.496 e. The minimum atomic E-state index is -0.247. The van der Waals surface area contributed by atoms with Crippen LogP contribution in [0, 0.1) is 6.92 Å². The number of hydrogen-bond donors (Lipinski definition) is 1. The Kier molecular flexibility index (Phi) is 6.60. The zero-order chi connectivity index (χ0) is 23.2. The molecular formula is C28H24N2O3. The van der Waals surface area contributed by atoms with Gasteiger partial charge in [0.15, 0.2) is 5.78 Å². The van der Waals surface area contributed by atoms with Crippen molar-refractivity contribution < 1.29 is 14.3 Å². The van der Waals surface area contributed by atoms with Crippen LogP contribution in [-0.2, 0) is 6.42 Å². The van der Waals surface area contributed by atoms with E-state index in [1.165, 1.54) is 7.11 Å². The minimum absolute atomic E-state index is 0.0965. The molecule has 1 N–H and O–H groups in total. The van der Waals surface area contributed by atoms with Gasteiger partial charge in [0.05, 0.1) is 12.7 Å². The molecule has 5 heteroatoms. The number of methoxy groups -OCH3 is 1. The molecule has 0 radical (unpaired) electrons. The number of nitrogens with one attached hydrogen (secondary N) is 1. The maximum absolute atomic E-state index is 13.0. The molecule has 0 saturated heterocycles. The monoisotopic (exact) mass is 436 g/mol. The molecule has 0 aliphatic rings. The third-order valence-electron chi connectivity index (χ3n) is 5.34. The van der Waals surface area contributed by atoms with Crippen molar-refractivity contribution in [3.05, 3.63) is 114 Å². The lowest BCUT2D eigenvalue weighted by atomic mass is 10.0. The molecule has 3 aromatic carbocycles. The van der Waals surface area contributed by atoms with Crippen LogP contribution in [0.1, 0.15) is 32.0 Å². The number of amides is 1. The van der Waals surface area contributed by atoms with E-state index in [9.17, 15) is 9.59 Å². The van der Waals surface area contributed by atoms with E-state index in [0.717, 1.165) is 22.4 Å². The van der Waals surface area contributed by atoms with Gasteiger partial charge >= 0.3 is 0 Å². The number of benzene rings is 3. The predicted octanol–water partition coefficient (Wildman–Crippen LogP) is 5.74. The summed E-state index contributed by atoms with van der Waals surface area (Å²) in [6.45, 7) is 1.89. The number of Topliss-reactive ketones (excluding diaryl/α,β-unsaturated/α-hetero) is 1. The fraction of sp³-hybridized carbons (Fsp3) is 0.107. The van der Waals surface area contributed by atoms with E-state index in [0.29, 0.717) is 22.6 Å². The second-order valence-corrected chi connectivity index (χ2v) is 7.72. The maximum atomic E-state index is 13.0. The molecule has 0 atom stereocenters. The summed E-state index contributed by atoms with van der Waals surface area (Å²) < 4.78 is 5.38. The Bertz CT molecular complexity index is 1280. The highest BCUT2D eigenvalue weighted by atomic mass is 16.5. The number of hydrogen-bond acceptors (Lipinski definition) is 4. The summed E-state index contributed by atoms with van der Waals surface area (Å²) >= 11 is 0. The summed E-state index contributed by atoms with van der Waals surface area (Å²) in [5, 5.41) is 2.88. The Morgan fingerprint density at radius 2 is 1.61 bits per heavy atom. The van der Waals surface area contributed by atoms with Crippen LogP contribution in [0.25, 0.3) is 11.1 Å². The fourth-order valence-corrected chi connectivity index (χ4v) is 3.65. The molecule has 1 heterocycles. The summed E-state index contributed by atoms with van der Waals surface area (Å²) in [6, 6.07) is 26.2. The Balaban J connectivity index is 1.51. The average molecular weight is 437 g/mol. The average Bonchev–Trinajstić information content (AvgIpc) is 2.84. The lowest BCUT2D eigenvalue weighted by Crippen LogP contribution is -2.13. The first-order chi connectivity index (χ1) is 16.0. The molecule has 4 rings (SSSR count). The number of carbonyl (C=O) groups excluding carboxylic acids is 2. The summed E-state index contributed by atoms with van der Waals surface area (Å²) in [5.74, 6) is 0.125. The molecule has 164 valence electrons. The first-order valence-corrected chi connectivity index (χ1v) is 10.6. The second kappa shape index (κ2) is 9.92. The van der Waals surface area contributed by atoms with E-state index in [4.69, 9.17) is 4.74 Å². The zero-order valence-electron chi connectivity index (χ0n) is 18.5. The van der Waals surface area contributed by atoms with Crippen LogP contribution < -0.4 is 10.1 Å². The highest BCUT2D eigenvalue weighted by Gasteiger charge is 2.16. The molecule has 0 aliphatic carbocycles. The molecular weight excluding hydrogens is 412 g/mol. The smallest absolute Gasteiger partial charge is 0.255 e. The molecule has 1 amide bonds. The molecule has 0 spiro atoms. The lowest BCUT2D eigenvalue weighted by Gasteiger charge is -2.12. The van der Waals surface area contributed by atoms with Crippen LogP contribution in [0.3, 0.4) is 0 Å². The molecule has 0 aliphatic heterocycles. The first kappa shape index (κ1) is 22.0. The number of aryl methyl sites for hydroxylation is 1. The number of anilines is 1. The quantitative estimate of drug-likeness (QED) is 0.375. The molecule has 0 unspecified atom stereocenters. The van der Waals surface area contributed by atoms with Crippen LogP contribution in [0.2, 0.25) is 0 Å². The Morgan fingerprint density at radius 1 is 0.879 bits per heavy atom. The number of nitrogens with zero attached hydrogens (tertiary/aromatic N) is 1. The van der Waals surface area contributed by atoms with Crippen LogP contribution in [0.15, 0.2) is 91.1 Å². The van der Waals surface area contributed by atoms with Gasteiger partial charge in [-0.25, -0.2) is 0 Å². The van der Waals surface area contributed by atoms with Gasteiger partial charge in [-0.05, 0) is 66.1 Å². The molecule has 4 aromatic rings. The van der Waals surface area contributed by atoms with Gasteiger partial charge in [-0.3, -0.25) is 14.6 Å². The van der Waals surface area contributed by atoms with E-state index < -0.39 is 0 Å². The third-order valence-corrected chi connectivity index (χ3v) is 5.34. The molecule has 0 fully saturated rings. The van der Waals surface area contributed by atoms with E-state index in [-0.39, 0.29) is 18.1 Å². The third kappa shape index (κ3) is 5.33. The number of ketones is 1. The van der Waals surface area contributed by atoms with E-state index >= 15 is 0 Å². The lowest BCUT2D eigenvalue weighted by molar-refractivity contribution is 0.0987. The number of ether oxygens (including phenoxy) is 1. The largest absolute Gasteiger partial charge is 0.496 e. The fourth-order valence-electron chi connectivity index (χ4n) is 3.65. The number of carbonyl (C=O) groups is 2. The van der Waals surface area contributed by atoms with Gasteiger partial charge in [0.25, 0.3) is 5.91 Å². The van der Waals surface area contributed by atoms with E-state index in [1.807, 2.05) is 61.5 Å². The molecule has 0 bridgehead atoms. The van der Waals surface area contributed by atoms with Crippen LogP contribution >= 0.6 is 0 Å². The number of aromatic nitrogens is 1. The van der Waals surface area contributed by atoms with Gasteiger partial charge in [0.1, 0.15) is 5.75 Å². The maximum Gasteiger partial charge on any atom is 0.255 e. The molecule has 5 nitrogen and oxygen atoms in total. The molecule has 33 heavy (non-hydrogen) atoms. The SMILES string of the molecule is COc1ccc(NC(=O)c2ccc(-c3ccccc3)cc2)cc1C(=O)Cc1ccnc(C)c1. The topological polar surface area (TPSA) is 68.3 Å². The Morgan fingerprint density at radius 3 is 2.30 bits per heavy atom. The van der Waals surface area contributed by atoms with Gasteiger partial charge in [-0.1, -0.05) is 42.5 Å². The van der Waals surface area contributed by atoms with Crippen molar-refractivity contribution in [2.24, 2.45) is 0 Å². The summed E-state index contributed by atoms with van der Waals surface area (Å²) in [6.07, 6.45) is 1.91. The van der Waals surface area contributed by atoms with Gasteiger partial charge in [0.2, 0.25) is 0 Å². The van der Waals surface area contributed by atoms with Crippen molar-refractivity contribution in [3.63, 3.8) is 0 Å². The second-order valence-electron chi connectivity index (χ2n) is 7.72. The summed E-state index contributed by atoms with van der Waals surface area (Å²) in [5.41, 5.74) is 5.34. The van der Waals surface area contributed by atoms with E-state index in [2.05, 4.69) is 10.3 Å². The zero-order valence-corrected chi connectivity index (χ0v) is 18.5.